The Kier molecular flexibility index (Phi) is 4.93. The van der Waals surface area contributed by atoms with E-state index in [1.807, 2.05) is 48.5 Å². The molecule has 1 N–H and O–H groups in total. The number of fused-ring (bicyclic) bond motifs is 1. The van der Waals surface area contributed by atoms with Crippen LogP contribution in [-0.2, 0) is 4.74 Å². The van der Waals surface area contributed by atoms with E-state index >= 15 is 0 Å². The van der Waals surface area contributed by atoms with Gasteiger partial charge in [-0.2, -0.15) is 0 Å². The first-order chi connectivity index (χ1) is 12.8. The molecule has 0 aromatic heterocycles. The molecule has 1 saturated heterocycles. The van der Waals surface area contributed by atoms with Crippen molar-refractivity contribution < 1.29 is 19.0 Å². The lowest BCUT2D eigenvalue weighted by atomic mass is 10.1. The molecule has 2 aliphatic rings. The summed E-state index contributed by atoms with van der Waals surface area (Å²) < 4.78 is 16.9. The molecule has 1 atom stereocenters. The van der Waals surface area contributed by atoms with Crippen LogP contribution in [0.1, 0.15) is 10.4 Å². The summed E-state index contributed by atoms with van der Waals surface area (Å²) in [6.45, 7) is 4.08. The molecule has 6 nitrogen and oxygen atoms in total. The maximum Gasteiger partial charge on any atom is 0.251 e. The van der Waals surface area contributed by atoms with E-state index in [0.717, 1.165) is 37.7 Å². The van der Waals surface area contributed by atoms with Crippen LogP contribution in [0, 0.1) is 0 Å². The lowest BCUT2D eigenvalue weighted by molar-refractivity contribution is 0.0789. The van der Waals surface area contributed by atoms with Crippen LogP contribution in [0.2, 0.25) is 0 Å². The van der Waals surface area contributed by atoms with E-state index in [1.165, 1.54) is 0 Å². The van der Waals surface area contributed by atoms with Crippen molar-refractivity contribution >= 4 is 11.6 Å². The SMILES string of the molecule is O=C(NC[C@@H]1COc2ccccc2O1)c1ccc(N2CCOCC2)cc1. The second-order valence-corrected chi connectivity index (χ2v) is 6.35. The van der Waals surface area contributed by atoms with Crippen LogP contribution in [0.5, 0.6) is 11.5 Å². The van der Waals surface area contributed by atoms with Gasteiger partial charge in [-0.1, -0.05) is 12.1 Å². The van der Waals surface area contributed by atoms with Crippen LogP contribution in [-0.4, -0.2) is 51.5 Å². The van der Waals surface area contributed by atoms with Gasteiger partial charge in [0.15, 0.2) is 11.5 Å². The molecule has 2 aromatic rings. The van der Waals surface area contributed by atoms with Crippen LogP contribution >= 0.6 is 0 Å². The van der Waals surface area contributed by atoms with Crippen molar-refractivity contribution in [3.63, 3.8) is 0 Å². The zero-order valence-corrected chi connectivity index (χ0v) is 14.5. The number of hydrogen-bond acceptors (Lipinski definition) is 5. The number of rotatable bonds is 4. The zero-order chi connectivity index (χ0) is 17.8. The van der Waals surface area contributed by atoms with Crippen LogP contribution in [0.15, 0.2) is 48.5 Å². The zero-order valence-electron chi connectivity index (χ0n) is 14.5. The third kappa shape index (κ3) is 3.75. The number of nitrogens with zero attached hydrogens (tertiary/aromatic N) is 1. The van der Waals surface area contributed by atoms with Crippen molar-refractivity contribution in [2.75, 3.05) is 44.4 Å². The predicted octanol–water partition coefficient (Wildman–Crippen LogP) is 2.09. The molecule has 0 unspecified atom stereocenters. The highest BCUT2D eigenvalue weighted by atomic mass is 16.6. The molecule has 0 radical (unpaired) electrons. The lowest BCUT2D eigenvalue weighted by Crippen LogP contribution is -2.40. The molecule has 2 aliphatic heterocycles. The fraction of sp³-hybridized carbons (Fsp3) is 0.350. The number of ether oxygens (including phenoxy) is 3. The van der Waals surface area contributed by atoms with Gasteiger partial charge < -0.3 is 24.4 Å². The van der Waals surface area contributed by atoms with Gasteiger partial charge in [0.05, 0.1) is 19.8 Å². The molecule has 26 heavy (non-hydrogen) atoms. The van der Waals surface area contributed by atoms with E-state index in [4.69, 9.17) is 14.2 Å². The topological polar surface area (TPSA) is 60.0 Å². The third-order valence-electron chi connectivity index (χ3n) is 4.56. The Morgan fingerprint density at radius 1 is 1.04 bits per heavy atom. The fourth-order valence-electron chi connectivity index (χ4n) is 3.12. The number of carbonyl (C=O) groups excluding carboxylic acids is 1. The normalized spacial score (nSPS) is 19.1. The number of hydrogen-bond donors (Lipinski definition) is 1. The summed E-state index contributed by atoms with van der Waals surface area (Å²) >= 11 is 0. The third-order valence-corrected chi connectivity index (χ3v) is 4.56. The average molecular weight is 354 g/mol. The van der Waals surface area contributed by atoms with E-state index in [0.29, 0.717) is 24.5 Å². The number of nitrogens with one attached hydrogen (secondary N) is 1. The van der Waals surface area contributed by atoms with Crippen LogP contribution in [0.25, 0.3) is 0 Å². The van der Waals surface area contributed by atoms with E-state index < -0.39 is 0 Å². The molecule has 2 heterocycles. The highest BCUT2D eigenvalue weighted by molar-refractivity contribution is 5.94. The van der Waals surface area contributed by atoms with Gasteiger partial charge in [-0.15, -0.1) is 0 Å². The minimum absolute atomic E-state index is 0.110. The fourth-order valence-corrected chi connectivity index (χ4v) is 3.12. The van der Waals surface area contributed by atoms with Gasteiger partial charge in [0.2, 0.25) is 0 Å². The minimum Gasteiger partial charge on any atom is -0.486 e. The first kappa shape index (κ1) is 16.7. The molecule has 136 valence electrons. The summed E-state index contributed by atoms with van der Waals surface area (Å²) in [6.07, 6.45) is -0.193. The van der Waals surface area contributed by atoms with Crippen LogP contribution < -0.4 is 19.7 Å². The van der Waals surface area contributed by atoms with Crippen LogP contribution in [0.3, 0.4) is 0 Å². The summed E-state index contributed by atoms with van der Waals surface area (Å²) in [4.78, 5) is 14.6. The highest BCUT2D eigenvalue weighted by Gasteiger charge is 2.21. The monoisotopic (exact) mass is 354 g/mol. The van der Waals surface area contributed by atoms with Crippen molar-refractivity contribution in [1.29, 1.82) is 0 Å². The molecule has 0 spiro atoms. The number of carbonyl (C=O) groups is 1. The van der Waals surface area contributed by atoms with Gasteiger partial charge in [0, 0.05) is 24.3 Å². The molecule has 1 fully saturated rings. The Balaban J connectivity index is 1.31. The summed E-state index contributed by atoms with van der Waals surface area (Å²) in [5.74, 6) is 1.35. The Morgan fingerprint density at radius 3 is 2.54 bits per heavy atom. The maximum atomic E-state index is 12.4. The van der Waals surface area contributed by atoms with Crippen molar-refractivity contribution in [2.24, 2.45) is 0 Å². The number of morpholine rings is 1. The van der Waals surface area contributed by atoms with Gasteiger partial charge in [-0.05, 0) is 36.4 Å². The predicted molar refractivity (Wildman–Crippen MR) is 98.2 cm³/mol. The van der Waals surface area contributed by atoms with Crippen molar-refractivity contribution in [2.45, 2.75) is 6.10 Å². The molecule has 0 saturated carbocycles. The summed E-state index contributed by atoms with van der Waals surface area (Å²) in [5.41, 5.74) is 1.75. The van der Waals surface area contributed by atoms with E-state index in [2.05, 4.69) is 10.2 Å². The summed E-state index contributed by atoms with van der Waals surface area (Å²) in [6, 6.07) is 15.2. The lowest BCUT2D eigenvalue weighted by Gasteiger charge is -2.29. The Bertz CT molecular complexity index is 757. The number of benzene rings is 2. The first-order valence-corrected chi connectivity index (χ1v) is 8.89. The van der Waals surface area contributed by atoms with Crippen molar-refractivity contribution in [3.8, 4) is 11.5 Å². The second-order valence-electron chi connectivity index (χ2n) is 6.35. The quantitative estimate of drug-likeness (QED) is 0.911. The molecular weight excluding hydrogens is 332 g/mol. The maximum absolute atomic E-state index is 12.4. The minimum atomic E-state index is -0.193. The summed E-state index contributed by atoms with van der Waals surface area (Å²) in [5, 5.41) is 2.92. The second kappa shape index (κ2) is 7.66. The van der Waals surface area contributed by atoms with E-state index in [-0.39, 0.29) is 12.0 Å². The van der Waals surface area contributed by atoms with Gasteiger partial charge in [0.25, 0.3) is 5.91 Å². The molecule has 0 bridgehead atoms. The molecule has 0 aliphatic carbocycles. The van der Waals surface area contributed by atoms with E-state index in [9.17, 15) is 4.79 Å². The van der Waals surface area contributed by atoms with Gasteiger partial charge in [-0.25, -0.2) is 0 Å². The molecule has 4 rings (SSSR count). The van der Waals surface area contributed by atoms with Crippen molar-refractivity contribution in [1.82, 2.24) is 5.32 Å². The average Bonchev–Trinajstić information content (AvgIpc) is 2.72. The number of amides is 1. The summed E-state index contributed by atoms with van der Waals surface area (Å²) in [7, 11) is 0. The Labute approximate surface area is 152 Å². The number of para-hydroxylation sites is 2. The standard InChI is InChI=1S/C20H22N2O4/c23-20(15-5-7-16(8-6-15)22-9-11-24-12-10-22)21-13-17-14-25-18-3-1-2-4-19(18)26-17/h1-8,17H,9-14H2,(H,21,23)/t17-/m1/s1. The Hall–Kier alpha value is -2.73. The van der Waals surface area contributed by atoms with Gasteiger partial charge in [-0.3, -0.25) is 4.79 Å². The molecule has 2 aromatic carbocycles. The largest absolute Gasteiger partial charge is 0.486 e. The smallest absolute Gasteiger partial charge is 0.251 e. The van der Waals surface area contributed by atoms with E-state index in [1.54, 1.807) is 0 Å². The first-order valence-electron chi connectivity index (χ1n) is 8.89. The molecular formula is C20H22N2O4. The highest BCUT2D eigenvalue weighted by Crippen LogP contribution is 2.30. The molecule has 1 amide bonds. The van der Waals surface area contributed by atoms with Crippen molar-refractivity contribution in [3.05, 3.63) is 54.1 Å². The van der Waals surface area contributed by atoms with Gasteiger partial charge in [0.1, 0.15) is 12.7 Å². The van der Waals surface area contributed by atoms with Gasteiger partial charge >= 0.3 is 0 Å². The number of anilines is 1. The van der Waals surface area contributed by atoms with Crippen LogP contribution in [0.4, 0.5) is 5.69 Å². The Morgan fingerprint density at radius 2 is 1.77 bits per heavy atom. The molecule has 6 heteroatoms.